The molecule has 0 amide bonds. The number of nitriles is 1. The minimum absolute atomic E-state index is 0.213. The zero-order valence-corrected chi connectivity index (χ0v) is 14.4. The first-order valence-electron chi connectivity index (χ1n) is 7.36. The molecule has 1 N–H and O–H groups in total. The number of phenolic OH excluding ortho intramolecular Hbond substituents is 1. The summed E-state index contributed by atoms with van der Waals surface area (Å²) in [7, 11) is 0. The van der Waals surface area contributed by atoms with E-state index in [1.54, 1.807) is 12.1 Å². The standard InChI is InChI=1S/C18H25NO3/c1-11(10-19)22-16(21)12-8-13(17(2,3)4)15(20)14(9-12)18(5,6)7/h8-9,11,20H,1-7H3/t11-/m1/s1. The van der Waals surface area contributed by atoms with Crippen LogP contribution >= 0.6 is 0 Å². The summed E-state index contributed by atoms with van der Waals surface area (Å²) in [4.78, 5) is 12.2. The van der Waals surface area contributed by atoms with Gasteiger partial charge < -0.3 is 9.84 Å². The van der Waals surface area contributed by atoms with Crippen LogP contribution in [0.15, 0.2) is 12.1 Å². The van der Waals surface area contributed by atoms with Gasteiger partial charge >= 0.3 is 5.97 Å². The molecule has 0 aliphatic heterocycles. The van der Waals surface area contributed by atoms with Crippen molar-refractivity contribution in [2.45, 2.75) is 65.4 Å². The fourth-order valence-electron chi connectivity index (χ4n) is 2.15. The predicted molar refractivity (Wildman–Crippen MR) is 86.0 cm³/mol. The zero-order valence-electron chi connectivity index (χ0n) is 14.4. The Balaban J connectivity index is 3.49. The molecule has 0 aliphatic rings. The second kappa shape index (κ2) is 6.00. The van der Waals surface area contributed by atoms with Crippen LogP contribution in [0.25, 0.3) is 0 Å². The Labute approximate surface area is 132 Å². The summed E-state index contributed by atoms with van der Waals surface area (Å²) < 4.78 is 5.08. The fraction of sp³-hybridized carbons (Fsp3) is 0.556. The van der Waals surface area contributed by atoms with Crippen LogP contribution in [0.2, 0.25) is 0 Å². The Hall–Kier alpha value is -2.02. The van der Waals surface area contributed by atoms with Crippen LogP contribution in [0.3, 0.4) is 0 Å². The van der Waals surface area contributed by atoms with E-state index in [1.165, 1.54) is 6.92 Å². The molecule has 0 fully saturated rings. The molecule has 0 saturated heterocycles. The van der Waals surface area contributed by atoms with Crippen molar-refractivity contribution >= 4 is 5.97 Å². The molecule has 0 radical (unpaired) electrons. The van der Waals surface area contributed by atoms with E-state index < -0.39 is 12.1 Å². The quantitative estimate of drug-likeness (QED) is 0.836. The lowest BCUT2D eigenvalue weighted by molar-refractivity contribution is 0.0435. The molecule has 0 aromatic heterocycles. The molecule has 0 heterocycles. The molecule has 4 nitrogen and oxygen atoms in total. The van der Waals surface area contributed by atoms with Gasteiger partial charge in [0.25, 0.3) is 0 Å². The highest BCUT2D eigenvalue weighted by Crippen LogP contribution is 2.39. The summed E-state index contributed by atoms with van der Waals surface area (Å²) in [6, 6.07) is 5.17. The third-order valence-corrected chi connectivity index (χ3v) is 3.43. The van der Waals surface area contributed by atoms with Crippen LogP contribution in [0.4, 0.5) is 0 Å². The molecule has 0 bridgehead atoms. The molecule has 22 heavy (non-hydrogen) atoms. The van der Waals surface area contributed by atoms with Gasteiger partial charge in [0.05, 0.1) is 5.56 Å². The average molecular weight is 303 g/mol. The highest BCUT2D eigenvalue weighted by Gasteiger charge is 2.28. The third-order valence-electron chi connectivity index (χ3n) is 3.43. The Bertz CT molecular complexity index is 578. The molecule has 1 aromatic carbocycles. The highest BCUT2D eigenvalue weighted by atomic mass is 16.5. The number of hydrogen-bond acceptors (Lipinski definition) is 4. The first-order chi connectivity index (χ1) is 9.87. The topological polar surface area (TPSA) is 70.3 Å². The van der Waals surface area contributed by atoms with Crippen molar-refractivity contribution in [3.05, 3.63) is 28.8 Å². The van der Waals surface area contributed by atoms with Crippen LogP contribution in [-0.2, 0) is 15.6 Å². The molecule has 4 heteroatoms. The Kier molecular flexibility index (Phi) is 4.92. The summed E-state index contributed by atoms with van der Waals surface area (Å²) in [5, 5.41) is 19.4. The van der Waals surface area contributed by atoms with Crippen LogP contribution in [0, 0.1) is 11.3 Å². The van der Waals surface area contributed by atoms with Gasteiger partial charge in [-0.1, -0.05) is 41.5 Å². The first-order valence-corrected chi connectivity index (χ1v) is 7.36. The van der Waals surface area contributed by atoms with Crippen molar-refractivity contribution in [3.8, 4) is 11.8 Å². The lowest BCUT2D eigenvalue weighted by atomic mass is 9.78. The van der Waals surface area contributed by atoms with E-state index in [2.05, 4.69) is 0 Å². The minimum atomic E-state index is -0.808. The Morgan fingerprint density at radius 2 is 1.55 bits per heavy atom. The number of rotatable bonds is 2. The summed E-state index contributed by atoms with van der Waals surface area (Å²) in [5.41, 5.74) is 1.10. The van der Waals surface area contributed by atoms with Crippen LogP contribution in [0.1, 0.15) is 70.0 Å². The van der Waals surface area contributed by atoms with Gasteiger partial charge in [-0.05, 0) is 29.9 Å². The molecule has 0 aliphatic carbocycles. The van der Waals surface area contributed by atoms with Crippen molar-refractivity contribution in [2.24, 2.45) is 0 Å². The van der Waals surface area contributed by atoms with E-state index >= 15 is 0 Å². The van der Waals surface area contributed by atoms with Crippen molar-refractivity contribution in [2.75, 3.05) is 0 Å². The van der Waals surface area contributed by atoms with Gasteiger partial charge in [-0.3, -0.25) is 0 Å². The van der Waals surface area contributed by atoms with E-state index in [1.807, 2.05) is 47.6 Å². The van der Waals surface area contributed by atoms with Gasteiger partial charge in [-0.2, -0.15) is 5.26 Å². The molecule has 1 atom stereocenters. The molecule has 0 unspecified atom stereocenters. The maximum Gasteiger partial charge on any atom is 0.339 e. The maximum atomic E-state index is 12.2. The van der Waals surface area contributed by atoms with Gasteiger partial charge in [0.15, 0.2) is 6.10 Å². The number of ether oxygens (including phenoxy) is 1. The van der Waals surface area contributed by atoms with Gasteiger partial charge in [0.2, 0.25) is 0 Å². The van der Waals surface area contributed by atoms with E-state index in [-0.39, 0.29) is 16.6 Å². The lowest BCUT2D eigenvalue weighted by Gasteiger charge is -2.28. The van der Waals surface area contributed by atoms with E-state index in [0.717, 1.165) is 0 Å². The normalized spacial score (nSPS) is 13.4. The average Bonchev–Trinajstić information content (AvgIpc) is 2.35. The Morgan fingerprint density at radius 1 is 1.14 bits per heavy atom. The molecule has 1 rings (SSSR count). The number of phenols is 1. The SMILES string of the molecule is C[C@H](C#N)OC(=O)c1cc(C(C)(C)C)c(O)c(C(C)(C)C)c1. The van der Waals surface area contributed by atoms with Crippen LogP contribution in [-0.4, -0.2) is 17.2 Å². The van der Waals surface area contributed by atoms with E-state index in [0.29, 0.717) is 16.7 Å². The van der Waals surface area contributed by atoms with Crippen LogP contribution in [0.5, 0.6) is 5.75 Å². The summed E-state index contributed by atoms with van der Waals surface area (Å²) in [5.74, 6) is -0.338. The van der Waals surface area contributed by atoms with E-state index in [9.17, 15) is 9.90 Å². The van der Waals surface area contributed by atoms with Crippen molar-refractivity contribution in [1.82, 2.24) is 0 Å². The lowest BCUT2D eigenvalue weighted by Crippen LogP contribution is -2.20. The van der Waals surface area contributed by atoms with Crippen molar-refractivity contribution in [3.63, 3.8) is 0 Å². The number of benzene rings is 1. The zero-order chi connectivity index (χ0) is 17.3. The second-order valence-corrected chi connectivity index (χ2v) is 7.60. The van der Waals surface area contributed by atoms with Crippen LogP contribution < -0.4 is 0 Å². The third kappa shape index (κ3) is 4.00. The van der Waals surface area contributed by atoms with Gasteiger partial charge in [-0.25, -0.2) is 4.79 Å². The van der Waals surface area contributed by atoms with Gasteiger partial charge in [0, 0.05) is 11.1 Å². The number of carbonyl (C=O) groups excluding carboxylic acids is 1. The van der Waals surface area contributed by atoms with Crippen molar-refractivity contribution in [1.29, 1.82) is 5.26 Å². The second-order valence-electron chi connectivity index (χ2n) is 7.60. The molecule has 120 valence electrons. The molecular weight excluding hydrogens is 278 g/mol. The monoisotopic (exact) mass is 303 g/mol. The predicted octanol–water partition coefficient (Wildman–Crippen LogP) is 4.06. The van der Waals surface area contributed by atoms with Gasteiger partial charge in [-0.15, -0.1) is 0 Å². The largest absolute Gasteiger partial charge is 0.507 e. The number of esters is 1. The van der Waals surface area contributed by atoms with E-state index in [4.69, 9.17) is 10.00 Å². The number of nitrogens with zero attached hydrogens (tertiary/aromatic N) is 1. The first kappa shape index (κ1) is 18.0. The van der Waals surface area contributed by atoms with Gasteiger partial charge in [0.1, 0.15) is 11.8 Å². The molecule has 0 saturated carbocycles. The smallest absolute Gasteiger partial charge is 0.339 e. The van der Waals surface area contributed by atoms with Crippen molar-refractivity contribution < 1.29 is 14.6 Å². The maximum absolute atomic E-state index is 12.2. The summed E-state index contributed by atoms with van der Waals surface area (Å²) in [6.45, 7) is 13.4. The fourth-order valence-corrected chi connectivity index (χ4v) is 2.15. The number of carbonyl (C=O) groups is 1. The Morgan fingerprint density at radius 3 is 1.86 bits per heavy atom. The molecular formula is C18H25NO3. The molecule has 0 spiro atoms. The summed E-state index contributed by atoms with van der Waals surface area (Å²) in [6.07, 6.45) is -0.808. The highest BCUT2D eigenvalue weighted by molar-refractivity contribution is 5.90. The number of hydrogen-bond donors (Lipinski definition) is 1. The minimum Gasteiger partial charge on any atom is -0.507 e. The summed E-state index contributed by atoms with van der Waals surface area (Å²) >= 11 is 0. The molecule has 1 aromatic rings. The number of aromatic hydroxyl groups is 1.